The van der Waals surface area contributed by atoms with Gasteiger partial charge in [0.1, 0.15) is 0 Å². The summed E-state index contributed by atoms with van der Waals surface area (Å²) in [7, 11) is 0. The van der Waals surface area contributed by atoms with Crippen molar-refractivity contribution in [3.63, 3.8) is 0 Å². The second-order valence-corrected chi connectivity index (χ2v) is 4.66. The van der Waals surface area contributed by atoms with E-state index in [4.69, 9.17) is 5.73 Å². The van der Waals surface area contributed by atoms with E-state index in [2.05, 4.69) is 0 Å². The Morgan fingerprint density at radius 1 is 1.06 bits per heavy atom. The maximum absolute atomic E-state index is 12.3. The monoisotopic (exact) mass is 241 g/mol. The van der Waals surface area contributed by atoms with Gasteiger partial charge < -0.3 is 15.5 Å². The second-order valence-electron chi connectivity index (χ2n) is 4.66. The predicted octanol–water partition coefficient (Wildman–Crippen LogP) is 0.195. The molecule has 0 atom stereocenters. The van der Waals surface area contributed by atoms with Gasteiger partial charge in [-0.3, -0.25) is 9.59 Å². The van der Waals surface area contributed by atoms with Crippen LogP contribution < -0.4 is 5.73 Å². The number of hydrogen-bond acceptors (Lipinski definition) is 3. The van der Waals surface area contributed by atoms with Crippen molar-refractivity contribution in [3.8, 4) is 0 Å². The topological polar surface area (TPSA) is 66.6 Å². The molecule has 0 aromatic carbocycles. The number of amides is 2. The molecule has 1 rings (SSSR count). The van der Waals surface area contributed by atoms with Crippen LogP contribution in [0.4, 0.5) is 0 Å². The molecule has 1 heterocycles. The van der Waals surface area contributed by atoms with Gasteiger partial charge in [-0.2, -0.15) is 0 Å². The molecular weight excluding hydrogens is 218 g/mol. The highest BCUT2D eigenvalue weighted by atomic mass is 16.2. The molecule has 5 heteroatoms. The molecule has 17 heavy (non-hydrogen) atoms. The van der Waals surface area contributed by atoms with Gasteiger partial charge >= 0.3 is 0 Å². The Balaban J connectivity index is 2.60. The Morgan fingerprint density at radius 2 is 1.47 bits per heavy atom. The van der Waals surface area contributed by atoms with E-state index in [1.54, 1.807) is 16.7 Å². The van der Waals surface area contributed by atoms with Crippen molar-refractivity contribution in [3.05, 3.63) is 0 Å². The van der Waals surface area contributed by atoms with E-state index >= 15 is 0 Å². The number of nitrogens with zero attached hydrogens (tertiary/aromatic N) is 2. The summed E-state index contributed by atoms with van der Waals surface area (Å²) in [5, 5.41) is 0. The second kappa shape index (κ2) is 5.49. The molecule has 1 fully saturated rings. The van der Waals surface area contributed by atoms with E-state index in [0.717, 1.165) is 0 Å². The highest BCUT2D eigenvalue weighted by Gasteiger charge is 2.35. The van der Waals surface area contributed by atoms with E-state index in [1.807, 2.05) is 13.8 Å². The third-order valence-corrected chi connectivity index (χ3v) is 3.70. The fourth-order valence-electron chi connectivity index (χ4n) is 2.09. The molecule has 0 aromatic heterocycles. The third-order valence-electron chi connectivity index (χ3n) is 3.70. The minimum atomic E-state index is -0.738. The van der Waals surface area contributed by atoms with Gasteiger partial charge in [0.2, 0.25) is 11.8 Å². The fraction of sp³-hybridized carbons (Fsp3) is 0.833. The molecule has 0 spiro atoms. The van der Waals surface area contributed by atoms with Gasteiger partial charge in [0.15, 0.2) is 0 Å². The molecule has 2 amide bonds. The van der Waals surface area contributed by atoms with Crippen LogP contribution in [0.15, 0.2) is 0 Å². The van der Waals surface area contributed by atoms with Crippen molar-refractivity contribution in [1.29, 1.82) is 0 Å². The highest BCUT2D eigenvalue weighted by Crippen LogP contribution is 2.16. The van der Waals surface area contributed by atoms with E-state index in [9.17, 15) is 9.59 Å². The Hall–Kier alpha value is -1.10. The molecule has 2 N–H and O–H groups in total. The van der Waals surface area contributed by atoms with Crippen LogP contribution in [0.25, 0.3) is 0 Å². The van der Waals surface area contributed by atoms with E-state index in [0.29, 0.717) is 39.0 Å². The zero-order valence-corrected chi connectivity index (χ0v) is 11.0. The number of nitrogens with two attached hydrogens (primary N) is 1. The molecule has 0 radical (unpaired) electrons. The molecule has 0 unspecified atom stereocenters. The molecule has 0 aliphatic carbocycles. The summed E-state index contributed by atoms with van der Waals surface area (Å²) in [6.45, 7) is 7.85. The van der Waals surface area contributed by atoms with Crippen LogP contribution >= 0.6 is 0 Å². The minimum Gasteiger partial charge on any atom is -0.339 e. The summed E-state index contributed by atoms with van der Waals surface area (Å²) in [6, 6.07) is 0. The first-order valence-electron chi connectivity index (χ1n) is 6.28. The Morgan fingerprint density at radius 3 is 1.82 bits per heavy atom. The lowest BCUT2D eigenvalue weighted by Crippen LogP contribution is -2.59. The largest absolute Gasteiger partial charge is 0.339 e. The van der Waals surface area contributed by atoms with Crippen molar-refractivity contribution in [2.45, 2.75) is 39.2 Å². The predicted molar refractivity (Wildman–Crippen MR) is 66.3 cm³/mol. The van der Waals surface area contributed by atoms with Gasteiger partial charge in [0.25, 0.3) is 0 Å². The third kappa shape index (κ3) is 2.97. The first-order chi connectivity index (χ1) is 7.94. The molecule has 98 valence electrons. The van der Waals surface area contributed by atoms with Crippen LogP contribution in [0.3, 0.4) is 0 Å². The molecule has 1 saturated heterocycles. The Labute approximate surface area is 103 Å². The Kier molecular flexibility index (Phi) is 4.51. The lowest BCUT2D eigenvalue weighted by Gasteiger charge is -2.38. The quantitative estimate of drug-likeness (QED) is 0.767. The zero-order valence-electron chi connectivity index (χ0n) is 11.0. The van der Waals surface area contributed by atoms with Crippen molar-refractivity contribution in [2.75, 3.05) is 26.2 Å². The summed E-state index contributed by atoms with van der Waals surface area (Å²) in [6.07, 6.45) is 1.30. The minimum absolute atomic E-state index is 0.0192. The van der Waals surface area contributed by atoms with Gasteiger partial charge in [0.05, 0.1) is 5.54 Å². The first-order valence-corrected chi connectivity index (χ1v) is 6.28. The fourth-order valence-corrected chi connectivity index (χ4v) is 2.09. The highest BCUT2D eigenvalue weighted by molar-refractivity contribution is 5.86. The van der Waals surface area contributed by atoms with Crippen LogP contribution in [-0.2, 0) is 9.59 Å². The van der Waals surface area contributed by atoms with Crippen LogP contribution in [0.1, 0.15) is 33.6 Å². The van der Waals surface area contributed by atoms with Crippen LogP contribution in [0.5, 0.6) is 0 Å². The van der Waals surface area contributed by atoms with Crippen LogP contribution in [0.2, 0.25) is 0 Å². The molecule has 1 aliphatic rings. The number of carbonyl (C=O) groups excluding carboxylic acids is 2. The lowest BCUT2D eigenvalue weighted by atomic mass is 9.92. The van der Waals surface area contributed by atoms with Crippen molar-refractivity contribution >= 4 is 11.8 Å². The van der Waals surface area contributed by atoms with Gasteiger partial charge in [-0.25, -0.2) is 0 Å². The molecule has 0 bridgehead atoms. The smallest absolute Gasteiger partial charge is 0.242 e. The lowest BCUT2D eigenvalue weighted by molar-refractivity contribution is -0.142. The first kappa shape index (κ1) is 14.0. The van der Waals surface area contributed by atoms with Gasteiger partial charge in [-0.15, -0.1) is 0 Å². The van der Waals surface area contributed by atoms with Gasteiger partial charge in [-0.05, 0) is 12.8 Å². The maximum atomic E-state index is 12.3. The average Bonchev–Trinajstić information content (AvgIpc) is 2.37. The number of piperazine rings is 1. The SMILES string of the molecule is CCC(N)(CC)C(=O)N1CCN(C(C)=O)CC1. The van der Waals surface area contributed by atoms with Crippen molar-refractivity contribution in [1.82, 2.24) is 9.80 Å². The normalized spacial score (nSPS) is 17.2. The van der Waals surface area contributed by atoms with E-state index in [-0.39, 0.29) is 11.8 Å². The molecule has 5 nitrogen and oxygen atoms in total. The number of carbonyl (C=O) groups is 2. The Bertz CT molecular complexity index is 292. The summed E-state index contributed by atoms with van der Waals surface area (Å²) in [5.41, 5.74) is 5.36. The van der Waals surface area contributed by atoms with Crippen LogP contribution in [0, 0.1) is 0 Å². The van der Waals surface area contributed by atoms with Crippen molar-refractivity contribution in [2.24, 2.45) is 5.73 Å². The molecule has 1 aliphatic heterocycles. The van der Waals surface area contributed by atoms with Gasteiger partial charge in [0, 0.05) is 33.1 Å². The summed E-state index contributed by atoms with van der Waals surface area (Å²) < 4.78 is 0. The van der Waals surface area contributed by atoms with Crippen molar-refractivity contribution < 1.29 is 9.59 Å². The summed E-state index contributed by atoms with van der Waals surface area (Å²) in [5.74, 6) is 0.0906. The number of rotatable bonds is 3. The van der Waals surface area contributed by atoms with E-state index in [1.165, 1.54) is 0 Å². The van der Waals surface area contributed by atoms with Crippen LogP contribution in [-0.4, -0.2) is 53.3 Å². The zero-order chi connectivity index (χ0) is 13.1. The van der Waals surface area contributed by atoms with E-state index < -0.39 is 5.54 Å². The standard InChI is InChI=1S/C12H23N3O2/c1-4-12(13,5-2)11(17)15-8-6-14(7-9-15)10(3)16/h4-9,13H2,1-3H3. The summed E-state index contributed by atoms with van der Waals surface area (Å²) in [4.78, 5) is 27.0. The average molecular weight is 241 g/mol. The molecular formula is C12H23N3O2. The molecule has 0 aromatic rings. The maximum Gasteiger partial charge on any atom is 0.242 e. The van der Waals surface area contributed by atoms with Gasteiger partial charge in [-0.1, -0.05) is 13.8 Å². The number of hydrogen-bond donors (Lipinski definition) is 1. The molecule has 0 saturated carbocycles. The summed E-state index contributed by atoms with van der Waals surface area (Å²) >= 11 is 0.